The fourth-order valence-electron chi connectivity index (χ4n) is 4.18. The molecule has 7 heteroatoms. The Bertz CT molecular complexity index is 825. The maximum atomic E-state index is 12.9. The number of thiocarbonyl (C=S) groups is 1. The van der Waals surface area contributed by atoms with Gasteiger partial charge in [0, 0.05) is 18.2 Å². The van der Waals surface area contributed by atoms with Crippen LogP contribution < -0.4 is 0 Å². The molecule has 2 aliphatic carbocycles. The van der Waals surface area contributed by atoms with E-state index in [2.05, 4.69) is 4.74 Å². The lowest BCUT2D eigenvalue weighted by Gasteiger charge is -2.30. The summed E-state index contributed by atoms with van der Waals surface area (Å²) in [5.74, 6) is 1.97. The Hall–Kier alpha value is -1.86. The van der Waals surface area contributed by atoms with Gasteiger partial charge in [-0.2, -0.15) is 0 Å². The van der Waals surface area contributed by atoms with Crippen molar-refractivity contribution in [3.63, 3.8) is 0 Å². The van der Waals surface area contributed by atoms with Crippen LogP contribution in [0.3, 0.4) is 0 Å². The molecular weight excluding hydrogens is 370 g/mol. The number of methoxy groups -OCH3 is 1. The zero-order valence-corrected chi connectivity index (χ0v) is 16.0. The van der Waals surface area contributed by atoms with Crippen molar-refractivity contribution >= 4 is 52.3 Å². The highest BCUT2D eigenvalue weighted by Gasteiger charge is 2.47. The second kappa shape index (κ2) is 7.04. The minimum Gasteiger partial charge on any atom is -0.466 e. The number of ether oxygens (including phenoxy) is 1. The predicted molar refractivity (Wildman–Crippen MR) is 104 cm³/mol. The first-order valence-corrected chi connectivity index (χ1v) is 9.90. The van der Waals surface area contributed by atoms with Gasteiger partial charge in [-0.3, -0.25) is 9.69 Å². The number of amides is 1. The van der Waals surface area contributed by atoms with Crippen LogP contribution in [0.5, 0.6) is 0 Å². The Labute approximate surface area is 161 Å². The quantitative estimate of drug-likeness (QED) is 0.443. The van der Waals surface area contributed by atoms with E-state index in [-0.39, 0.29) is 11.9 Å². The van der Waals surface area contributed by atoms with Crippen LogP contribution in [0.2, 0.25) is 0 Å². The molecule has 2 saturated carbocycles. The average Bonchev–Trinajstić information content (AvgIpc) is 3.39. The molecule has 3 atom stereocenters. The van der Waals surface area contributed by atoms with Crippen molar-refractivity contribution < 1.29 is 18.7 Å². The monoisotopic (exact) mass is 389 g/mol. The standard InChI is InChI=1S/C19H19NO4S2/c1-23-17(21)7-6-13-4-5-14(24-13)10-16-18(22)20(19(25)26-16)15-9-11-2-3-12(15)8-11/h4-7,10-12,15H,2-3,8-9H2,1H3. The van der Waals surface area contributed by atoms with Gasteiger partial charge in [0.25, 0.3) is 5.91 Å². The average molecular weight is 389 g/mol. The van der Waals surface area contributed by atoms with Crippen LogP contribution in [0, 0.1) is 11.8 Å². The fraction of sp³-hybridized carbons (Fsp3) is 0.421. The van der Waals surface area contributed by atoms with Crippen LogP contribution in [0.1, 0.15) is 37.2 Å². The van der Waals surface area contributed by atoms with Gasteiger partial charge in [0.2, 0.25) is 0 Å². The molecule has 5 nitrogen and oxygen atoms in total. The van der Waals surface area contributed by atoms with Gasteiger partial charge in [-0.25, -0.2) is 4.79 Å². The lowest BCUT2D eigenvalue weighted by atomic mass is 9.94. The number of furan rings is 1. The molecule has 3 fully saturated rings. The van der Waals surface area contributed by atoms with Crippen LogP contribution in [0.4, 0.5) is 0 Å². The molecule has 1 aromatic rings. The van der Waals surface area contributed by atoms with Crippen molar-refractivity contribution in [1.82, 2.24) is 4.90 Å². The molecule has 0 radical (unpaired) electrons. The summed E-state index contributed by atoms with van der Waals surface area (Å²) in [6.07, 6.45) is 9.35. The van der Waals surface area contributed by atoms with Gasteiger partial charge < -0.3 is 9.15 Å². The van der Waals surface area contributed by atoms with E-state index in [0.29, 0.717) is 26.7 Å². The van der Waals surface area contributed by atoms with Crippen molar-refractivity contribution in [2.75, 3.05) is 7.11 Å². The van der Waals surface area contributed by atoms with Gasteiger partial charge in [0.1, 0.15) is 15.8 Å². The number of carbonyl (C=O) groups is 2. The molecule has 1 saturated heterocycles. The molecule has 136 valence electrons. The van der Waals surface area contributed by atoms with Gasteiger partial charge in [0.05, 0.1) is 12.0 Å². The first-order valence-electron chi connectivity index (χ1n) is 8.68. The normalized spacial score (nSPS) is 29.5. The van der Waals surface area contributed by atoms with E-state index >= 15 is 0 Å². The lowest BCUT2D eigenvalue weighted by Crippen LogP contribution is -2.41. The molecule has 3 unspecified atom stereocenters. The number of thioether (sulfide) groups is 1. The minimum atomic E-state index is -0.449. The highest BCUT2D eigenvalue weighted by atomic mass is 32.2. The number of fused-ring (bicyclic) bond motifs is 2. The molecule has 2 bridgehead atoms. The molecule has 2 heterocycles. The smallest absolute Gasteiger partial charge is 0.330 e. The number of hydrogen-bond donors (Lipinski definition) is 0. The van der Waals surface area contributed by atoms with Gasteiger partial charge >= 0.3 is 5.97 Å². The largest absolute Gasteiger partial charge is 0.466 e. The maximum absolute atomic E-state index is 12.9. The summed E-state index contributed by atoms with van der Waals surface area (Å²) in [6.45, 7) is 0. The van der Waals surface area contributed by atoms with Crippen molar-refractivity contribution in [1.29, 1.82) is 0 Å². The third-order valence-electron chi connectivity index (χ3n) is 5.36. The van der Waals surface area contributed by atoms with Crippen molar-refractivity contribution in [2.45, 2.75) is 31.7 Å². The Morgan fingerprint density at radius 1 is 1.35 bits per heavy atom. The van der Waals surface area contributed by atoms with E-state index < -0.39 is 5.97 Å². The Morgan fingerprint density at radius 2 is 2.15 bits per heavy atom. The minimum absolute atomic E-state index is 0.0133. The summed E-state index contributed by atoms with van der Waals surface area (Å²) in [6, 6.07) is 3.77. The number of hydrogen-bond acceptors (Lipinski definition) is 6. The molecule has 3 aliphatic rings. The van der Waals surface area contributed by atoms with E-state index in [9.17, 15) is 9.59 Å². The first-order chi connectivity index (χ1) is 12.5. The van der Waals surface area contributed by atoms with E-state index in [0.717, 1.165) is 12.3 Å². The fourth-order valence-corrected chi connectivity index (χ4v) is 5.53. The van der Waals surface area contributed by atoms with Gasteiger partial charge in [-0.1, -0.05) is 30.4 Å². The van der Waals surface area contributed by atoms with Crippen molar-refractivity contribution in [3.05, 3.63) is 34.6 Å². The summed E-state index contributed by atoms with van der Waals surface area (Å²) < 4.78 is 10.8. The van der Waals surface area contributed by atoms with Gasteiger partial charge in [0.15, 0.2) is 0 Å². The Morgan fingerprint density at radius 3 is 2.85 bits per heavy atom. The SMILES string of the molecule is COC(=O)C=Cc1ccc(C=C2SC(=S)N(C3CC4CCC3C4)C2=O)o1. The third kappa shape index (κ3) is 3.25. The third-order valence-corrected chi connectivity index (χ3v) is 6.69. The van der Waals surface area contributed by atoms with E-state index in [1.807, 2.05) is 4.90 Å². The van der Waals surface area contributed by atoms with Crippen LogP contribution in [-0.2, 0) is 14.3 Å². The summed E-state index contributed by atoms with van der Waals surface area (Å²) in [4.78, 5) is 26.4. The van der Waals surface area contributed by atoms with E-state index in [4.69, 9.17) is 16.6 Å². The predicted octanol–water partition coefficient (Wildman–Crippen LogP) is 3.86. The van der Waals surface area contributed by atoms with Crippen LogP contribution in [-0.4, -0.2) is 34.2 Å². The van der Waals surface area contributed by atoms with Gasteiger partial charge in [-0.05, 0) is 49.3 Å². The molecule has 0 spiro atoms. The molecule has 1 aromatic heterocycles. The van der Waals surface area contributed by atoms with Crippen molar-refractivity contribution in [2.24, 2.45) is 11.8 Å². The van der Waals surface area contributed by atoms with Gasteiger partial charge in [-0.15, -0.1) is 0 Å². The number of rotatable bonds is 4. The molecule has 0 aromatic carbocycles. The van der Waals surface area contributed by atoms with Crippen LogP contribution in [0.25, 0.3) is 12.2 Å². The zero-order chi connectivity index (χ0) is 18.3. The summed E-state index contributed by atoms with van der Waals surface area (Å²) in [5, 5.41) is 0. The summed E-state index contributed by atoms with van der Waals surface area (Å²) in [7, 11) is 1.32. The summed E-state index contributed by atoms with van der Waals surface area (Å²) in [5.41, 5.74) is 0. The molecule has 1 amide bonds. The number of nitrogens with zero attached hydrogens (tertiary/aromatic N) is 1. The first kappa shape index (κ1) is 17.5. The van der Waals surface area contributed by atoms with Crippen molar-refractivity contribution in [3.8, 4) is 0 Å². The molecule has 4 rings (SSSR count). The molecular formula is C19H19NO4S2. The van der Waals surface area contributed by atoms with E-state index in [1.165, 1.54) is 50.3 Å². The van der Waals surface area contributed by atoms with Crippen LogP contribution in [0.15, 0.2) is 27.5 Å². The second-order valence-electron chi connectivity index (χ2n) is 6.89. The molecule has 0 N–H and O–H groups in total. The Balaban J connectivity index is 1.49. The molecule has 26 heavy (non-hydrogen) atoms. The van der Waals surface area contributed by atoms with E-state index in [1.54, 1.807) is 18.2 Å². The number of esters is 1. The van der Waals surface area contributed by atoms with Crippen LogP contribution >= 0.6 is 24.0 Å². The highest BCUT2D eigenvalue weighted by Crippen LogP contribution is 2.49. The second-order valence-corrected chi connectivity index (χ2v) is 8.57. The number of carbonyl (C=O) groups excluding carboxylic acids is 2. The topological polar surface area (TPSA) is 59.8 Å². The Kier molecular flexibility index (Phi) is 4.75. The summed E-state index contributed by atoms with van der Waals surface area (Å²) >= 11 is 6.82. The lowest BCUT2D eigenvalue weighted by molar-refractivity contribution is -0.134. The zero-order valence-electron chi connectivity index (χ0n) is 14.3. The molecule has 1 aliphatic heterocycles. The maximum Gasteiger partial charge on any atom is 0.330 e. The highest BCUT2D eigenvalue weighted by molar-refractivity contribution is 8.26.